The van der Waals surface area contributed by atoms with Gasteiger partial charge in [-0.15, -0.1) is 0 Å². The van der Waals surface area contributed by atoms with Gasteiger partial charge in [-0.3, -0.25) is 0 Å². The Morgan fingerprint density at radius 3 is 0.188 bits per heavy atom. The summed E-state index contributed by atoms with van der Waals surface area (Å²) in [7, 11) is 0. The summed E-state index contributed by atoms with van der Waals surface area (Å²) in [5, 5.41) is 0. The van der Waals surface area contributed by atoms with E-state index in [0.29, 0.717) is 0 Å². The van der Waals surface area contributed by atoms with Crippen molar-refractivity contribution in [3.05, 3.63) is 0 Å². The molecule has 0 spiro atoms. The van der Waals surface area contributed by atoms with Gasteiger partial charge in [-0.05, 0) is 0 Å². The molecule has 4 aliphatic carbocycles. The summed E-state index contributed by atoms with van der Waals surface area (Å²) in [4.78, 5) is 0. The molecule has 210 valence electrons. The fraction of sp³-hybridized carbons (Fsp3) is 1.00. The molecular formula is C32H82. The molecule has 0 unspecified atom stereocenters. The molecule has 4 saturated carbocycles. The minimum atomic E-state index is 0. The van der Waals surface area contributed by atoms with E-state index in [0.717, 1.165) is 0 Å². The van der Waals surface area contributed by atoms with E-state index < -0.39 is 0 Å². The molecule has 32 heavy (non-hydrogen) atoms. The maximum atomic E-state index is 2.00. The van der Waals surface area contributed by atoms with Crippen molar-refractivity contribution in [3.8, 4) is 0 Å². The quantitative estimate of drug-likeness (QED) is 0.333. The smallest absolute Gasteiger partial charge is 0.0533 e. The molecule has 4 aliphatic rings. The van der Waals surface area contributed by atoms with E-state index in [1.807, 2.05) is 96.9 Å². The van der Waals surface area contributed by atoms with E-state index in [-0.39, 0.29) is 14.9 Å². The average Bonchev–Trinajstić information content (AvgIpc) is 2.67. The number of hydrogen-bond acceptors (Lipinski definition) is 0. The predicted octanol–water partition coefficient (Wildman–Crippen LogP) is 14.7. The molecule has 0 bridgehead atoms. The summed E-state index contributed by atoms with van der Waals surface area (Å²) in [5.74, 6) is 0. The lowest BCUT2D eigenvalue weighted by Crippen LogP contribution is -1.85. The first kappa shape index (κ1) is 58.1. The molecule has 0 atom stereocenters. The van der Waals surface area contributed by atoms with Gasteiger partial charge in [0.2, 0.25) is 0 Å². The van der Waals surface area contributed by atoms with E-state index in [1.165, 1.54) is 103 Å². The minimum Gasteiger partial charge on any atom is -0.0776 e. The van der Waals surface area contributed by atoms with E-state index >= 15 is 0 Å². The van der Waals surface area contributed by atoms with Crippen LogP contribution in [0.4, 0.5) is 0 Å². The van der Waals surface area contributed by atoms with Crippen molar-refractivity contribution in [3.63, 3.8) is 0 Å². The van der Waals surface area contributed by atoms with Crippen molar-refractivity contribution in [1.82, 2.24) is 0 Å². The Bertz CT molecular complexity index is 64.0. The van der Waals surface area contributed by atoms with Gasteiger partial charge in [-0.25, -0.2) is 0 Å². The van der Waals surface area contributed by atoms with Gasteiger partial charge in [-0.1, -0.05) is 215 Å². The molecule has 4 fully saturated rings. The molecule has 4 rings (SSSR count). The van der Waals surface area contributed by atoms with Crippen LogP contribution in [0, 0.1) is 0 Å². The average molecular weight is 467 g/mol. The van der Waals surface area contributed by atoms with Crippen LogP contribution in [0.5, 0.6) is 0 Å². The zero-order valence-corrected chi connectivity index (χ0v) is 25.3. The highest BCUT2D eigenvalue weighted by Crippen LogP contribution is 2.16. The van der Waals surface area contributed by atoms with Crippen LogP contribution < -0.4 is 0 Å². The number of rotatable bonds is 0. The summed E-state index contributed by atoms with van der Waals surface area (Å²) in [6, 6.07) is 0. The Morgan fingerprint density at radius 2 is 0.188 bits per heavy atom. The zero-order chi connectivity index (χ0) is 25.3. The normalized spacial score (nSPS) is 13.3. The van der Waals surface area contributed by atoms with Gasteiger partial charge in [0.05, 0.1) is 0 Å². The standard InChI is InChI=1S/4C4H8.7C2H6.2CH4/c4*1-2-4-3-1;7*1-2;;/h4*1-4H2;7*1-2H3;2*1H4. The van der Waals surface area contributed by atoms with Crippen molar-refractivity contribution in [1.29, 1.82) is 0 Å². The highest BCUT2D eigenvalue weighted by molar-refractivity contribution is 4.52. The molecule has 0 N–H and O–H groups in total. The first-order valence-electron chi connectivity index (χ1n) is 15.0. The van der Waals surface area contributed by atoms with Crippen molar-refractivity contribution in [2.24, 2.45) is 0 Å². The maximum Gasteiger partial charge on any atom is -0.0533 e. The summed E-state index contributed by atoms with van der Waals surface area (Å²) in [6.45, 7) is 28.0. The van der Waals surface area contributed by atoms with E-state index in [1.54, 1.807) is 0 Å². The Labute approximate surface area is 214 Å². The minimum absolute atomic E-state index is 0. The maximum absolute atomic E-state index is 2.00. The van der Waals surface area contributed by atoms with E-state index in [2.05, 4.69) is 0 Å². The second kappa shape index (κ2) is 109. The molecule has 0 aromatic heterocycles. The zero-order valence-electron chi connectivity index (χ0n) is 25.3. The van der Waals surface area contributed by atoms with Crippen LogP contribution in [0.3, 0.4) is 0 Å². The Kier molecular flexibility index (Phi) is 198. The van der Waals surface area contributed by atoms with Gasteiger partial charge >= 0.3 is 0 Å². The van der Waals surface area contributed by atoms with E-state index in [9.17, 15) is 0 Å². The predicted molar refractivity (Wildman–Crippen MR) is 167 cm³/mol. The fourth-order valence-electron chi connectivity index (χ4n) is 1.000. The third-order valence-electron chi connectivity index (χ3n) is 4.00. The summed E-state index contributed by atoms with van der Waals surface area (Å²) >= 11 is 0. The second-order valence-corrected chi connectivity index (χ2v) is 5.66. The molecule has 0 heteroatoms. The first-order valence-corrected chi connectivity index (χ1v) is 15.0. The third-order valence-corrected chi connectivity index (χ3v) is 4.00. The van der Waals surface area contributed by atoms with Crippen LogP contribution in [0.1, 0.15) is 215 Å². The van der Waals surface area contributed by atoms with Crippen molar-refractivity contribution in [2.75, 3.05) is 0 Å². The highest BCUT2D eigenvalue weighted by atomic mass is 14.0. The van der Waals surface area contributed by atoms with Crippen LogP contribution in [-0.4, -0.2) is 0 Å². The van der Waals surface area contributed by atoms with Gasteiger partial charge in [0.25, 0.3) is 0 Å². The van der Waals surface area contributed by atoms with Crippen molar-refractivity contribution < 1.29 is 0 Å². The lowest BCUT2D eigenvalue weighted by Gasteiger charge is -2.05. The molecule has 0 aromatic rings. The summed E-state index contributed by atoms with van der Waals surface area (Å²) < 4.78 is 0. The van der Waals surface area contributed by atoms with Crippen molar-refractivity contribution in [2.45, 2.75) is 215 Å². The van der Waals surface area contributed by atoms with Gasteiger partial charge in [-0.2, -0.15) is 0 Å². The van der Waals surface area contributed by atoms with Crippen LogP contribution >= 0.6 is 0 Å². The summed E-state index contributed by atoms with van der Waals surface area (Å²) in [6.07, 6.45) is 24.0. The topological polar surface area (TPSA) is 0 Å². The fourth-order valence-corrected chi connectivity index (χ4v) is 1.000. The second-order valence-electron chi connectivity index (χ2n) is 5.66. The molecule has 0 saturated heterocycles. The largest absolute Gasteiger partial charge is 0.0776 e. The van der Waals surface area contributed by atoms with Crippen LogP contribution in [-0.2, 0) is 0 Å². The van der Waals surface area contributed by atoms with Gasteiger partial charge in [0, 0.05) is 0 Å². The Morgan fingerprint density at radius 1 is 0.156 bits per heavy atom. The SMILES string of the molecule is C.C.C1CCC1.C1CCC1.C1CCC1.C1CCC1.CC.CC.CC.CC.CC.CC.CC. The van der Waals surface area contributed by atoms with Gasteiger partial charge in [0.15, 0.2) is 0 Å². The molecule has 0 nitrogen and oxygen atoms in total. The highest BCUT2D eigenvalue weighted by Gasteiger charge is 1.96. The van der Waals surface area contributed by atoms with E-state index in [4.69, 9.17) is 0 Å². The first-order chi connectivity index (χ1) is 15.0. The Hall–Kier alpha value is 0. The lowest BCUT2D eigenvalue weighted by atomic mass is 10.0. The van der Waals surface area contributed by atoms with Gasteiger partial charge < -0.3 is 0 Å². The Balaban J connectivity index is -0.0000000264. The lowest BCUT2D eigenvalue weighted by molar-refractivity contribution is 0.504. The molecular weight excluding hydrogens is 384 g/mol. The molecule has 0 radical (unpaired) electrons. The van der Waals surface area contributed by atoms with Crippen LogP contribution in [0.2, 0.25) is 0 Å². The summed E-state index contributed by atoms with van der Waals surface area (Å²) in [5.41, 5.74) is 0. The molecule has 0 heterocycles. The number of hydrogen-bond donors (Lipinski definition) is 0. The van der Waals surface area contributed by atoms with Gasteiger partial charge in [0.1, 0.15) is 0 Å². The van der Waals surface area contributed by atoms with Crippen molar-refractivity contribution >= 4 is 0 Å². The monoisotopic (exact) mass is 467 g/mol. The molecule has 0 aliphatic heterocycles. The molecule has 0 amide bonds. The third kappa shape index (κ3) is 98.6. The van der Waals surface area contributed by atoms with Crippen LogP contribution in [0.25, 0.3) is 0 Å². The molecule has 0 aromatic carbocycles. The van der Waals surface area contributed by atoms with Crippen LogP contribution in [0.15, 0.2) is 0 Å².